The average Bonchev–Trinajstić information content (AvgIpc) is 2.85. The predicted octanol–water partition coefficient (Wildman–Crippen LogP) is 3.05. The van der Waals surface area contributed by atoms with Crippen molar-refractivity contribution in [3.05, 3.63) is 46.5 Å². The van der Waals surface area contributed by atoms with Gasteiger partial charge >= 0.3 is 0 Å². The van der Waals surface area contributed by atoms with Crippen LogP contribution in [0.4, 0.5) is 10.1 Å². The van der Waals surface area contributed by atoms with Gasteiger partial charge in [-0.05, 0) is 17.7 Å². The molecule has 0 saturated carbocycles. The molecule has 1 amide bonds. The largest absolute Gasteiger partial charge is 0.334 e. The van der Waals surface area contributed by atoms with Crippen LogP contribution in [-0.4, -0.2) is 25.8 Å². The van der Waals surface area contributed by atoms with Crippen LogP contribution in [0, 0.1) is 5.82 Å². The lowest BCUT2D eigenvalue weighted by molar-refractivity contribution is 0.101. The van der Waals surface area contributed by atoms with E-state index in [-0.39, 0.29) is 16.1 Å². The number of nitrogens with one attached hydrogen (secondary N) is 2. The molecule has 0 unspecified atom stereocenters. The van der Waals surface area contributed by atoms with Crippen molar-refractivity contribution in [2.75, 3.05) is 5.32 Å². The van der Waals surface area contributed by atoms with Crippen molar-refractivity contribution in [2.24, 2.45) is 0 Å². The maximum absolute atomic E-state index is 13.3. The minimum absolute atomic E-state index is 0.0154. The standard InChI is InChI=1S/C12H6Cl2FN5O/c13-6-1-8-9(2-7(6)15)20-10(19-8)11(21)18-5-3-16-12(14)17-4-5/h1-4H,(H,18,21)(H,19,20). The SMILES string of the molecule is O=C(Nc1cnc(Cl)nc1)c1nc2cc(F)c(Cl)cc2[nH]1. The molecule has 1 aromatic carbocycles. The van der Waals surface area contributed by atoms with Crippen molar-refractivity contribution in [3.8, 4) is 0 Å². The Morgan fingerprint density at radius 3 is 2.67 bits per heavy atom. The number of imidazole rings is 1. The van der Waals surface area contributed by atoms with E-state index in [1.54, 1.807) is 0 Å². The monoisotopic (exact) mass is 325 g/mol. The third-order valence-electron chi connectivity index (χ3n) is 2.62. The van der Waals surface area contributed by atoms with Crippen LogP contribution in [0.1, 0.15) is 10.6 Å². The zero-order chi connectivity index (χ0) is 15.0. The van der Waals surface area contributed by atoms with Crippen molar-refractivity contribution < 1.29 is 9.18 Å². The molecule has 0 aliphatic rings. The molecular formula is C12H6Cl2FN5O. The van der Waals surface area contributed by atoms with Gasteiger partial charge in [-0.1, -0.05) is 11.6 Å². The van der Waals surface area contributed by atoms with Gasteiger partial charge in [-0.15, -0.1) is 0 Å². The molecule has 0 bridgehead atoms. The Kier molecular flexibility index (Phi) is 3.44. The van der Waals surface area contributed by atoms with E-state index < -0.39 is 11.7 Å². The first-order valence-electron chi connectivity index (χ1n) is 5.66. The molecule has 6 nitrogen and oxygen atoms in total. The Balaban J connectivity index is 1.89. The molecule has 2 N–H and O–H groups in total. The van der Waals surface area contributed by atoms with Crippen LogP contribution in [0.5, 0.6) is 0 Å². The van der Waals surface area contributed by atoms with E-state index in [4.69, 9.17) is 23.2 Å². The summed E-state index contributed by atoms with van der Waals surface area (Å²) >= 11 is 11.2. The molecule has 106 valence electrons. The maximum Gasteiger partial charge on any atom is 0.291 e. The van der Waals surface area contributed by atoms with Crippen LogP contribution < -0.4 is 5.32 Å². The lowest BCUT2D eigenvalue weighted by atomic mass is 10.3. The summed E-state index contributed by atoms with van der Waals surface area (Å²) in [5.41, 5.74) is 1.11. The highest BCUT2D eigenvalue weighted by molar-refractivity contribution is 6.31. The Hall–Kier alpha value is -2.25. The molecule has 3 aromatic rings. The summed E-state index contributed by atoms with van der Waals surface area (Å²) in [4.78, 5) is 26.2. The fraction of sp³-hybridized carbons (Fsp3) is 0. The second-order valence-corrected chi connectivity index (χ2v) is 4.81. The summed E-state index contributed by atoms with van der Waals surface area (Å²) in [6.07, 6.45) is 2.71. The molecule has 0 fully saturated rings. The number of fused-ring (bicyclic) bond motifs is 1. The van der Waals surface area contributed by atoms with Gasteiger partial charge in [0.1, 0.15) is 5.82 Å². The van der Waals surface area contributed by atoms with E-state index in [0.717, 1.165) is 6.07 Å². The van der Waals surface area contributed by atoms with E-state index in [2.05, 4.69) is 25.3 Å². The highest BCUT2D eigenvalue weighted by atomic mass is 35.5. The van der Waals surface area contributed by atoms with Crippen molar-refractivity contribution in [1.82, 2.24) is 19.9 Å². The molecule has 21 heavy (non-hydrogen) atoms. The molecule has 0 spiro atoms. The summed E-state index contributed by atoms with van der Waals surface area (Å²) in [6.45, 7) is 0. The number of carbonyl (C=O) groups is 1. The third-order valence-corrected chi connectivity index (χ3v) is 3.10. The number of anilines is 1. The number of hydrogen-bond donors (Lipinski definition) is 2. The number of benzene rings is 1. The van der Waals surface area contributed by atoms with Crippen LogP contribution in [0.15, 0.2) is 24.5 Å². The van der Waals surface area contributed by atoms with Gasteiger partial charge in [-0.3, -0.25) is 4.79 Å². The van der Waals surface area contributed by atoms with Crippen molar-refractivity contribution in [2.45, 2.75) is 0 Å². The number of aromatic amines is 1. The lowest BCUT2D eigenvalue weighted by Crippen LogP contribution is -2.13. The summed E-state index contributed by atoms with van der Waals surface area (Å²) in [5, 5.41) is 2.55. The fourth-order valence-corrected chi connectivity index (χ4v) is 1.94. The number of hydrogen-bond acceptors (Lipinski definition) is 4. The zero-order valence-electron chi connectivity index (χ0n) is 10.2. The summed E-state index contributed by atoms with van der Waals surface area (Å²) in [5.74, 6) is -1.11. The predicted molar refractivity (Wildman–Crippen MR) is 76.1 cm³/mol. The van der Waals surface area contributed by atoms with Gasteiger partial charge in [0.05, 0.1) is 34.1 Å². The van der Waals surface area contributed by atoms with E-state index in [1.807, 2.05) is 0 Å². The number of amides is 1. The number of carbonyl (C=O) groups excluding carboxylic acids is 1. The van der Waals surface area contributed by atoms with Crippen LogP contribution in [0.2, 0.25) is 10.3 Å². The Morgan fingerprint density at radius 2 is 1.95 bits per heavy atom. The third kappa shape index (κ3) is 2.79. The number of rotatable bonds is 2. The minimum Gasteiger partial charge on any atom is -0.334 e. The Labute approximate surface area is 127 Å². The van der Waals surface area contributed by atoms with Gasteiger partial charge in [-0.2, -0.15) is 0 Å². The molecule has 0 radical (unpaired) electrons. The first-order chi connectivity index (χ1) is 10.0. The van der Waals surface area contributed by atoms with E-state index in [9.17, 15) is 9.18 Å². The number of aromatic nitrogens is 4. The maximum atomic E-state index is 13.3. The Morgan fingerprint density at radius 1 is 1.24 bits per heavy atom. The lowest BCUT2D eigenvalue weighted by Gasteiger charge is -2.01. The molecular weight excluding hydrogens is 320 g/mol. The number of halogens is 3. The zero-order valence-corrected chi connectivity index (χ0v) is 11.7. The van der Waals surface area contributed by atoms with Gasteiger partial charge in [0.2, 0.25) is 5.28 Å². The van der Waals surface area contributed by atoms with Crippen molar-refractivity contribution >= 4 is 45.8 Å². The summed E-state index contributed by atoms with van der Waals surface area (Å²) in [7, 11) is 0. The molecule has 9 heteroatoms. The number of nitrogens with zero attached hydrogens (tertiary/aromatic N) is 3. The van der Waals surface area contributed by atoms with E-state index in [0.29, 0.717) is 16.7 Å². The summed E-state index contributed by atoms with van der Waals surface area (Å²) < 4.78 is 13.3. The van der Waals surface area contributed by atoms with E-state index >= 15 is 0 Å². The molecule has 0 atom stereocenters. The number of H-pyrrole nitrogens is 1. The molecule has 0 saturated heterocycles. The molecule has 3 rings (SSSR count). The van der Waals surface area contributed by atoms with Gasteiger partial charge in [0, 0.05) is 6.07 Å². The van der Waals surface area contributed by atoms with Crippen LogP contribution in [-0.2, 0) is 0 Å². The quantitative estimate of drug-likeness (QED) is 0.709. The topological polar surface area (TPSA) is 83.6 Å². The first kappa shape index (κ1) is 13.7. The van der Waals surface area contributed by atoms with Crippen LogP contribution in [0.3, 0.4) is 0 Å². The van der Waals surface area contributed by atoms with Crippen LogP contribution in [0.25, 0.3) is 11.0 Å². The van der Waals surface area contributed by atoms with Gasteiger partial charge < -0.3 is 10.3 Å². The van der Waals surface area contributed by atoms with Crippen molar-refractivity contribution in [3.63, 3.8) is 0 Å². The second kappa shape index (κ2) is 5.27. The minimum atomic E-state index is -0.603. The highest BCUT2D eigenvalue weighted by Crippen LogP contribution is 2.21. The average molecular weight is 326 g/mol. The van der Waals surface area contributed by atoms with E-state index in [1.165, 1.54) is 18.5 Å². The second-order valence-electron chi connectivity index (χ2n) is 4.06. The molecule has 0 aliphatic carbocycles. The highest BCUT2D eigenvalue weighted by Gasteiger charge is 2.14. The molecule has 2 heterocycles. The first-order valence-corrected chi connectivity index (χ1v) is 6.42. The van der Waals surface area contributed by atoms with Gasteiger partial charge in [-0.25, -0.2) is 19.3 Å². The Bertz CT molecular complexity index is 795. The van der Waals surface area contributed by atoms with Crippen molar-refractivity contribution in [1.29, 1.82) is 0 Å². The summed E-state index contributed by atoms with van der Waals surface area (Å²) in [6, 6.07) is 2.51. The van der Waals surface area contributed by atoms with Gasteiger partial charge in [0.25, 0.3) is 5.91 Å². The molecule has 0 aliphatic heterocycles. The van der Waals surface area contributed by atoms with Crippen LogP contribution >= 0.6 is 23.2 Å². The smallest absolute Gasteiger partial charge is 0.291 e. The fourth-order valence-electron chi connectivity index (χ4n) is 1.68. The van der Waals surface area contributed by atoms with Gasteiger partial charge in [0.15, 0.2) is 5.82 Å². The normalized spacial score (nSPS) is 10.8. The molecule has 2 aromatic heterocycles.